The molecular formula is C22H18O4. The van der Waals surface area contributed by atoms with Gasteiger partial charge in [-0.15, -0.1) is 0 Å². The lowest BCUT2D eigenvalue weighted by molar-refractivity contribution is 0.0601. The second-order valence-electron chi connectivity index (χ2n) is 6.47. The smallest absolute Gasteiger partial charge is 0.337 e. The van der Waals surface area contributed by atoms with Gasteiger partial charge in [0.25, 0.3) is 0 Å². The van der Waals surface area contributed by atoms with E-state index in [1.807, 2.05) is 12.1 Å². The standard InChI is InChI=1S/C22H18O4/c1-13-5-3-4-6-14(13)11-15-7-9-17-20(23)18-12-16(22(24)25-2)8-10-19(18)26-21(15)17/h3-6,8,10-12H,7,9H2,1-2H3. The highest BCUT2D eigenvalue weighted by molar-refractivity contribution is 5.95. The fourth-order valence-electron chi connectivity index (χ4n) is 3.41. The first-order valence-corrected chi connectivity index (χ1v) is 8.53. The molecule has 130 valence electrons. The van der Waals surface area contributed by atoms with Gasteiger partial charge in [-0.05, 0) is 60.7 Å². The van der Waals surface area contributed by atoms with Gasteiger partial charge in [0.1, 0.15) is 11.3 Å². The van der Waals surface area contributed by atoms with Gasteiger partial charge in [-0.3, -0.25) is 4.79 Å². The van der Waals surface area contributed by atoms with Crippen molar-refractivity contribution in [2.75, 3.05) is 7.11 Å². The molecule has 0 fully saturated rings. The second-order valence-corrected chi connectivity index (χ2v) is 6.47. The predicted octanol–water partition coefficient (Wildman–Crippen LogP) is 4.37. The van der Waals surface area contributed by atoms with Gasteiger partial charge in [-0.2, -0.15) is 0 Å². The van der Waals surface area contributed by atoms with Crippen LogP contribution in [0.25, 0.3) is 22.6 Å². The Morgan fingerprint density at radius 1 is 1.15 bits per heavy atom. The van der Waals surface area contributed by atoms with Gasteiger partial charge in [-0.1, -0.05) is 24.3 Å². The molecule has 26 heavy (non-hydrogen) atoms. The number of benzene rings is 2. The van der Waals surface area contributed by atoms with Crippen LogP contribution in [0.5, 0.6) is 0 Å². The summed E-state index contributed by atoms with van der Waals surface area (Å²) in [5, 5.41) is 0.420. The highest BCUT2D eigenvalue weighted by Crippen LogP contribution is 2.34. The van der Waals surface area contributed by atoms with E-state index in [0.717, 1.165) is 17.6 Å². The molecule has 4 rings (SSSR count). The minimum absolute atomic E-state index is 0.0693. The molecule has 0 atom stereocenters. The van der Waals surface area contributed by atoms with E-state index in [-0.39, 0.29) is 5.43 Å². The van der Waals surface area contributed by atoms with E-state index in [1.165, 1.54) is 12.7 Å². The second kappa shape index (κ2) is 6.30. The van der Waals surface area contributed by atoms with Gasteiger partial charge in [0.15, 0.2) is 5.43 Å². The van der Waals surface area contributed by atoms with Gasteiger partial charge < -0.3 is 9.15 Å². The Morgan fingerprint density at radius 3 is 2.73 bits per heavy atom. The maximum absolute atomic E-state index is 12.9. The van der Waals surface area contributed by atoms with Gasteiger partial charge in [0.05, 0.1) is 18.1 Å². The summed E-state index contributed by atoms with van der Waals surface area (Å²) in [6.07, 6.45) is 3.51. The van der Waals surface area contributed by atoms with Crippen molar-refractivity contribution in [3.8, 4) is 0 Å². The summed E-state index contributed by atoms with van der Waals surface area (Å²) in [4.78, 5) is 24.6. The first kappa shape index (κ1) is 16.3. The minimum atomic E-state index is -0.466. The number of carbonyl (C=O) groups is 1. The van der Waals surface area contributed by atoms with Crippen molar-refractivity contribution in [3.05, 3.63) is 80.7 Å². The Kier molecular flexibility index (Phi) is 3.96. The molecule has 1 heterocycles. The van der Waals surface area contributed by atoms with Crippen molar-refractivity contribution in [2.45, 2.75) is 19.8 Å². The normalized spacial score (nSPS) is 14.6. The van der Waals surface area contributed by atoms with E-state index in [2.05, 4.69) is 25.1 Å². The Hall–Kier alpha value is -3.14. The highest BCUT2D eigenvalue weighted by Gasteiger charge is 2.24. The molecule has 0 spiro atoms. The average Bonchev–Trinajstić information content (AvgIpc) is 3.06. The number of ether oxygens (including phenoxy) is 1. The molecule has 0 bridgehead atoms. The Labute approximate surface area is 150 Å². The average molecular weight is 346 g/mol. The van der Waals surface area contributed by atoms with Gasteiger partial charge in [0, 0.05) is 5.56 Å². The molecule has 0 saturated heterocycles. The quantitative estimate of drug-likeness (QED) is 0.646. The number of fused-ring (bicyclic) bond motifs is 2. The summed E-state index contributed by atoms with van der Waals surface area (Å²) >= 11 is 0. The van der Waals surface area contributed by atoms with E-state index in [4.69, 9.17) is 9.15 Å². The van der Waals surface area contributed by atoms with E-state index in [1.54, 1.807) is 18.2 Å². The molecule has 0 unspecified atom stereocenters. The Balaban J connectivity index is 1.87. The summed E-state index contributed by atoms with van der Waals surface area (Å²) in [5.74, 6) is 0.198. The van der Waals surface area contributed by atoms with Crippen molar-refractivity contribution in [1.82, 2.24) is 0 Å². The van der Waals surface area contributed by atoms with E-state index in [9.17, 15) is 9.59 Å². The van der Waals surface area contributed by atoms with E-state index >= 15 is 0 Å². The van der Waals surface area contributed by atoms with Crippen LogP contribution in [-0.4, -0.2) is 13.1 Å². The molecule has 1 aromatic heterocycles. The number of carbonyl (C=O) groups excluding carboxylic acids is 1. The minimum Gasteiger partial charge on any atom is -0.465 e. The van der Waals surface area contributed by atoms with Crippen molar-refractivity contribution < 1.29 is 13.9 Å². The number of methoxy groups -OCH3 is 1. The van der Waals surface area contributed by atoms with Gasteiger partial charge in [-0.25, -0.2) is 4.79 Å². The Bertz CT molecular complexity index is 1120. The molecule has 4 heteroatoms. The molecule has 2 aromatic carbocycles. The molecule has 3 aromatic rings. The zero-order chi connectivity index (χ0) is 18.3. The zero-order valence-electron chi connectivity index (χ0n) is 14.7. The van der Waals surface area contributed by atoms with Gasteiger partial charge in [0.2, 0.25) is 0 Å². The third kappa shape index (κ3) is 2.64. The lowest BCUT2D eigenvalue weighted by atomic mass is 10.0. The van der Waals surface area contributed by atoms with E-state index < -0.39 is 5.97 Å². The van der Waals surface area contributed by atoms with Crippen LogP contribution in [0.2, 0.25) is 0 Å². The van der Waals surface area contributed by atoms with Crippen molar-refractivity contribution in [3.63, 3.8) is 0 Å². The lowest BCUT2D eigenvalue weighted by Crippen LogP contribution is -2.10. The fourth-order valence-corrected chi connectivity index (χ4v) is 3.41. The third-order valence-corrected chi connectivity index (χ3v) is 4.86. The van der Waals surface area contributed by atoms with Crippen LogP contribution in [0.1, 0.15) is 39.2 Å². The summed E-state index contributed by atoms with van der Waals surface area (Å²) in [7, 11) is 1.32. The summed E-state index contributed by atoms with van der Waals surface area (Å²) in [5.41, 5.74) is 4.78. The molecule has 1 aliphatic rings. The topological polar surface area (TPSA) is 56.5 Å². The van der Waals surface area contributed by atoms with Crippen molar-refractivity contribution in [1.29, 1.82) is 0 Å². The third-order valence-electron chi connectivity index (χ3n) is 4.86. The molecule has 0 amide bonds. The molecular weight excluding hydrogens is 328 g/mol. The van der Waals surface area contributed by atoms with Gasteiger partial charge >= 0.3 is 5.97 Å². The molecule has 4 nitrogen and oxygen atoms in total. The monoisotopic (exact) mass is 346 g/mol. The zero-order valence-corrected chi connectivity index (χ0v) is 14.7. The summed E-state index contributed by atoms with van der Waals surface area (Å²) in [6.45, 7) is 2.06. The lowest BCUT2D eigenvalue weighted by Gasteiger charge is -2.06. The maximum atomic E-state index is 12.9. The number of rotatable bonds is 2. The largest absolute Gasteiger partial charge is 0.465 e. The number of allylic oxidation sites excluding steroid dienone is 1. The number of hydrogen-bond donors (Lipinski definition) is 0. The van der Waals surface area contributed by atoms with Crippen LogP contribution in [0.4, 0.5) is 0 Å². The molecule has 0 N–H and O–H groups in total. The van der Waals surface area contributed by atoms with E-state index in [0.29, 0.717) is 34.3 Å². The Morgan fingerprint density at radius 2 is 1.96 bits per heavy atom. The maximum Gasteiger partial charge on any atom is 0.337 e. The van der Waals surface area contributed by atoms with Crippen molar-refractivity contribution >= 4 is 28.6 Å². The number of esters is 1. The highest BCUT2D eigenvalue weighted by atomic mass is 16.5. The fraction of sp³-hybridized carbons (Fsp3) is 0.182. The molecule has 0 radical (unpaired) electrons. The first-order valence-electron chi connectivity index (χ1n) is 8.53. The SMILES string of the molecule is COC(=O)c1ccc2oc3c(c(=O)c2c1)CCC3=Cc1ccccc1C. The number of aryl methyl sites for hydroxylation is 1. The van der Waals surface area contributed by atoms with Crippen LogP contribution < -0.4 is 5.43 Å². The molecule has 1 aliphatic carbocycles. The summed E-state index contributed by atoms with van der Waals surface area (Å²) < 4.78 is 10.8. The van der Waals surface area contributed by atoms with Crippen LogP contribution in [0.3, 0.4) is 0 Å². The van der Waals surface area contributed by atoms with Crippen LogP contribution in [-0.2, 0) is 11.2 Å². The summed E-state index contributed by atoms with van der Waals surface area (Å²) in [6, 6.07) is 13.0. The number of hydrogen-bond acceptors (Lipinski definition) is 4. The van der Waals surface area contributed by atoms with Crippen molar-refractivity contribution in [2.24, 2.45) is 0 Å². The van der Waals surface area contributed by atoms with Crippen LogP contribution in [0, 0.1) is 6.92 Å². The molecule has 0 saturated carbocycles. The first-order chi connectivity index (χ1) is 12.6. The van der Waals surface area contributed by atoms with Crippen LogP contribution >= 0.6 is 0 Å². The molecule has 0 aliphatic heterocycles. The predicted molar refractivity (Wildman–Crippen MR) is 101 cm³/mol. The van der Waals surface area contributed by atoms with Crippen LogP contribution in [0.15, 0.2) is 51.7 Å².